The van der Waals surface area contributed by atoms with Crippen LogP contribution in [0.5, 0.6) is 0 Å². The summed E-state index contributed by atoms with van der Waals surface area (Å²) in [5.74, 6) is 0. The van der Waals surface area contributed by atoms with Crippen LogP contribution in [0.4, 0.5) is 0 Å². The average Bonchev–Trinajstić information content (AvgIpc) is 2.02. The van der Waals surface area contributed by atoms with Crippen LogP contribution < -0.4 is 0 Å². The third kappa shape index (κ3) is 2.60. The van der Waals surface area contributed by atoms with Crippen molar-refractivity contribution in [2.45, 2.75) is 39.5 Å². The molecule has 1 rings (SSSR count). The van der Waals surface area contributed by atoms with Crippen LogP contribution in [0, 0.1) is 13.8 Å². The molecule has 0 radical (unpaired) electrons. The summed E-state index contributed by atoms with van der Waals surface area (Å²) in [5, 5.41) is 1.06. The Kier molecular flexibility index (Phi) is 3.77. The van der Waals surface area contributed by atoms with E-state index in [9.17, 15) is 0 Å². The minimum absolute atomic E-state index is 0.279. The fraction of sp³-hybridized carbons (Fsp3) is 0.538. The van der Waals surface area contributed by atoms with Crippen LogP contribution in [0.15, 0.2) is 18.2 Å². The number of halogens is 1. The summed E-state index contributed by atoms with van der Waals surface area (Å²) in [4.78, 5) is 0. The van der Waals surface area contributed by atoms with Gasteiger partial charge in [0, 0.05) is 5.33 Å². The van der Waals surface area contributed by atoms with E-state index < -0.39 is 0 Å². The van der Waals surface area contributed by atoms with E-state index in [0.29, 0.717) is 0 Å². The molecule has 0 fully saturated rings. The SMILES string of the molecule is Cc1ccc(C(C)(C)CCBr)c(C)c1. The number of alkyl halides is 1. The second-order valence-corrected chi connectivity index (χ2v) is 5.43. The van der Waals surface area contributed by atoms with Crippen molar-refractivity contribution < 1.29 is 0 Å². The van der Waals surface area contributed by atoms with Gasteiger partial charge in [0.15, 0.2) is 0 Å². The van der Waals surface area contributed by atoms with Gasteiger partial charge in [0.1, 0.15) is 0 Å². The molecule has 78 valence electrons. The van der Waals surface area contributed by atoms with Gasteiger partial charge in [0.25, 0.3) is 0 Å². The molecule has 0 saturated carbocycles. The Bertz CT molecular complexity index is 313. The van der Waals surface area contributed by atoms with Gasteiger partial charge in [-0.3, -0.25) is 0 Å². The molecule has 0 aromatic heterocycles. The molecule has 1 heteroatoms. The third-order valence-electron chi connectivity index (χ3n) is 2.83. The lowest BCUT2D eigenvalue weighted by Gasteiger charge is -2.26. The highest BCUT2D eigenvalue weighted by Gasteiger charge is 2.21. The van der Waals surface area contributed by atoms with E-state index in [1.807, 2.05) is 0 Å². The molecule has 0 aliphatic carbocycles. The van der Waals surface area contributed by atoms with Crippen molar-refractivity contribution in [3.8, 4) is 0 Å². The standard InChI is InChI=1S/C13H19Br/c1-10-5-6-12(11(2)9-10)13(3,4)7-8-14/h5-6,9H,7-8H2,1-4H3. The van der Waals surface area contributed by atoms with Crippen molar-refractivity contribution >= 4 is 15.9 Å². The fourth-order valence-electron chi connectivity index (χ4n) is 1.94. The van der Waals surface area contributed by atoms with Crippen molar-refractivity contribution in [3.63, 3.8) is 0 Å². The van der Waals surface area contributed by atoms with Crippen molar-refractivity contribution in [1.82, 2.24) is 0 Å². The van der Waals surface area contributed by atoms with Crippen molar-refractivity contribution in [3.05, 3.63) is 34.9 Å². The lowest BCUT2D eigenvalue weighted by atomic mass is 9.79. The Labute approximate surface area is 95.9 Å². The van der Waals surface area contributed by atoms with E-state index in [0.717, 1.165) is 5.33 Å². The first-order valence-electron chi connectivity index (χ1n) is 5.11. The highest BCUT2D eigenvalue weighted by molar-refractivity contribution is 9.09. The molecule has 0 amide bonds. The van der Waals surface area contributed by atoms with Crippen molar-refractivity contribution in [2.24, 2.45) is 0 Å². The number of rotatable bonds is 3. The van der Waals surface area contributed by atoms with Gasteiger partial charge in [-0.2, -0.15) is 0 Å². The first-order valence-corrected chi connectivity index (χ1v) is 6.23. The lowest BCUT2D eigenvalue weighted by Crippen LogP contribution is -2.19. The molecule has 0 saturated heterocycles. The van der Waals surface area contributed by atoms with Crippen LogP contribution in [0.3, 0.4) is 0 Å². The largest absolute Gasteiger partial charge is 0.0928 e. The summed E-state index contributed by atoms with van der Waals surface area (Å²) in [6.07, 6.45) is 1.18. The normalized spacial score (nSPS) is 11.8. The van der Waals surface area contributed by atoms with E-state index in [4.69, 9.17) is 0 Å². The van der Waals surface area contributed by atoms with Crippen LogP contribution in [-0.2, 0) is 5.41 Å². The van der Waals surface area contributed by atoms with Gasteiger partial charge in [0.2, 0.25) is 0 Å². The molecule has 0 aliphatic rings. The second-order valence-electron chi connectivity index (χ2n) is 4.64. The number of aryl methyl sites for hydroxylation is 2. The zero-order valence-corrected chi connectivity index (χ0v) is 11.1. The maximum absolute atomic E-state index is 3.52. The molecule has 1 aromatic rings. The Hall–Kier alpha value is -0.300. The van der Waals surface area contributed by atoms with E-state index in [1.54, 1.807) is 0 Å². The van der Waals surface area contributed by atoms with Crippen LogP contribution >= 0.6 is 15.9 Å². The molecule has 0 atom stereocenters. The average molecular weight is 255 g/mol. The van der Waals surface area contributed by atoms with Crippen molar-refractivity contribution in [2.75, 3.05) is 5.33 Å². The fourth-order valence-corrected chi connectivity index (χ4v) is 2.94. The van der Waals surface area contributed by atoms with E-state index in [2.05, 4.69) is 61.8 Å². The number of hydrogen-bond acceptors (Lipinski definition) is 0. The molecule has 0 unspecified atom stereocenters. The van der Waals surface area contributed by atoms with Crippen LogP contribution in [0.1, 0.15) is 37.0 Å². The van der Waals surface area contributed by atoms with Gasteiger partial charge in [-0.25, -0.2) is 0 Å². The monoisotopic (exact) mass is 254 g/mol. The Morgan fingerprint density at radius 2 is 1.86 bits per heavy atom. The highest BCUT2D eigenvalue weighted by atomic mass is 79.9. The van der Waals surface area contributed by atoms with E-state index in [-0.39, 0.29) is 5.41 Å². The second kappa shape index (κ2) is 4.48. The van der Waals surface area contributed by atoms with Gasteiger partial charge in [-0.05, 0) is 36.8 Å². The van der Waals surface area contributed by atoms with E-state index >= 15 is 0 Å². The van der Waals surface area contributed by atoms with Crippen LogP contribution in [-0.4, -0.2) is 5.33 Å². The molecule has 0 bridgehead atoms. The molecule has 0 N–H and O–H groups in total. The van der Waals surface area contributed by atoms with Crippen LogP contribution in [0.25, 0.3) is 0 Å². The van der Waals surface area contributed by atoms with Gasteiger partial charge >= 0.3 is 0 Å². The molecular formula is C13H19Br. The Morgan fingerprint density at radius 1 is 1.21 bits per heavy atom. The first kappa shape index (κ1) is 11.8. The Morgan fingerprint density at radius 3 is 2.36 bits per heavy atom. The molecule has 0 spiro atoms. The smallest absolute Gasteiger partial charge is 0.00395 e. The predicted molar refractivity (Wildman–Crippen MR) is 67.4 cm³/mol. The molecule has 0 nitrogen and oxygen atoms in total. The van der Waals surface area contributed by atoms with Gasteiger partial charge in [0.05, 0.1) is 0 Å². The zero-order chi connectivity index (χ0) is 10.8. The topological polar surface area (TPSA) is 0 Å². The summed E-state index contributed by atoms with van der Waals surface area (Å²) in [6, 6.07) is 6.75. The Balaban J connectivity index is 3.06. The molecule has 0 heterocycles. The minimum Gasteiger partial charge on any atom is -0.0928 e. The summed E-state index contributed by atoms with van der Waals surface area (Å²) >= 11 is 3.52. The quantitative estimate of drug-likeness (QED) is 0.704. The highest BCUT2D eigenvalue weighted by Crippen LogP contribution is 2.30. The lowest BCUT2D eigenvalue weighted by molar-refractivity contribution is 0.509. The third-order valence-corrected chi connectivity index (χ3v) is 3.23. The maximum Gasteiger partial charge on any atom is 0.00395 e. The predicted octanol–water partition coefficient (Wildman–Crippen LogP) is 4.37. The minimum atomic E-state index is 0.279. The first-order chi connectivity index (χ1) is 6.47. The summed E-state index contributed by atoms with van der Waals surface area (Å²) in [6.45, 7) is 8.98. The molecule has 0 aliphatic heterocycles. The molecule has 14 heavy (non-hydrogen) atoms. The maximum atomic E-state index is 3.52. The number of benzene rings is 1. The van der Waals surface area contributed by atoms with Gasteiger partial charge in [-0.15, -0.1) is 0 Å². The van der Waals surface area contributed by atoms with Crippen molar-refractivity contribution in [1.29, 1.82) is 0 Å². The van der Waals surface area contributed by atoms with Gasteiger partial charge in [-0.1, -0.05) is 53.5 Å². The number of hydrogen-bond donors (Lipinski definition) is 0. The summed E-state index contributed by atoms with van der Waals surface area (Å²) < 4.78 is 0. The van der Waals surface area contributed by atoms with Gasteiger partial charge < -0.3 is 0 Å². The van der Waals surface area contributed by atoms with Crippen LogP contribution in [0.2, 0.25) is 0 Å². The summed E-state index contributed by atoms with van der Waals surface area (Å²) in [5.41, 5.74) is 4.51. The molecule has 1 aromatic carbocycles. The molecular weight excluding hydrogens is 236 g/mol. The van der Waals surface area contributed by atoms with E-state index in [1.165, 1.54) is 23.1 Å². The summed E-state index contributed by atoms with van der Waals surface area (Å²) in [7, 11) is 0. The zero-order valence-electron chi connectivity index (χ0n) is 9.52.